The fraction of sp³-hybridized carbons (Fsp3) is 0.462. The van der Waals surface area contributed by atoms with Gasteiger partial charge in [-0.1, -0.05) is 12.1 Å². The summed E-state index contributed by atoms with van der Waals surface area (Å²) < 4.78 is 2.52. The summed E-state index contributed by atoms with van der Waals surface area (Å²) in [4.78, 5) is 1.46. The Hall–Kier alpha value is -0.760. The molecular weight excluding hydrogens is 202 g/mol. The molecule has 1 aromatic carbocycles. The fourth-order valence-electron chi connectivity index (χ4n) is 2.65. The van der Waals surface area contributed by atoms with Crippen LogP contribution in [0, 0.1) is 0 Å². The lowest BCUT2D eigenvalue weighted by atomic mass is 9.82. The number of hydrogen-bond acceptors (Lipinski definition) is 1. The molecule has 2 aliphatic heterocycles. The summed E-state index contributed by atoms with van der Waals surface area (Å²) >= 11 is 1.99. The first-order valence-electron chi connectivity index (χ1n) is 5.50. The Morgan fingerprint density at radius 3 is 2.93 bits per heavy atom. The molecule has 15 heavy (non-hydrogen) atoms. The number of nitrogens with zero attached hydrogens (tertiary/aromatic N) is 1. The second-order valence-corrected chi connectivity index (χ2v) is 6.00. The van der Waals surface area contributed by atoms with Crippen molar-refractivity contribution < 1.29 is 4.58 Å². The van der Waals surface area contributed by atoms with Gasteiger partial charge in [0.2, 0.25) is 5.69 Å². The molecule has 0 amide bonds. The highest BCUT2D eigenvalue weighted by atomic mass is 32.2. The van der Waals surface area contributed by atoms with Crippen molar-refractivity contribution in [2.75, 3.05) is 12.3 Å². The molecular formula is C13H16NS+. The van der Waals surface area contributed by atoms with Crippen molar-refractivity contribution in [1.82, 2.24) is 0 Å². The van der Waals surface area contributed by atoms with Crippen LogP contribution in [0.4, 0.5) is 5.69 Å². The second kappa shape index (κ2) is 2.88. The predicted octanol–water partition coefficient (Wildman–Crippen LogP) is 3.19. The summed E-state index contributed by atoms with van der Waals surface area (Å²) in [5, 5.41) is 0. The van der Waals surface area contributed by atoms with Gasteiger partial charge in [-0.2, -0.15) is 4.58 Å². The van der Waals surface area contributed by atoms with Gasteiger partial charge < -0.3 is 0 Å². The zero-order valence-corrected chi connectivity index (χ0v) is 10.3. The maximum absolute atomic E-state index is 2.52. The SMILES string of the molecule is CC1=[N+]2CCSc3cccc(c32)C1(C)C. The molecule has 2 aliphatic rings. The summed E-state index contributed by atoms with van der Waals surface area (Å²) in [7, 11) is 0. The quantitative estimate of drug-likeness (QED) is 0.604. The number of rotatable bonds is 0. The van der Waals surface area contributed by atoms with Crippen LogP contribution in [0.1, 0.15) is 26.3 Å². The third kappa shape index (κ3) is 1.09. The van der Waals surface area contributed by atoms with E-state index < -0.39 is 0 Å². The Balaban J connectivity index is 2.37. The fourth-order valence-corrected chi connectivity index (χ4v) is 3.67. The third-order valence-electron chi connectivity index (χ3n) is 3.82. The molecule has 2 heterocycles. The average Bonchev–Trinajstić information content (AvgIpc) is 2.43. The van der Waals surface area contributed by atoms with Crippen LogP contribution in [0.15, 0.2) is 23.1 Å². The van der Waals surface area contributed by atoms with Crippen molar-refractivity contribution in [2.24, 2.45) is 0 Å². The minimum absolute atomic E-state index is 0.218. The van der Waals surface area contributed by atoms with Crippen molar-refractivity contribution in [3.8, 4) is 0 Å². The van der Waals surface area contributed by atoms with Crippen molar-refractivity contribution in [1.29, 1.82) is 0 Å². The highest BCUT2D eigenvalue weighted by Gasteiger charge is 2.45. The van der Waals surface area contributed by atoms with Crippen LogP contribution < -0.4 is 0 Å². The molecule has 78 valence electrons. The van der Waals surface area contributed by atoms with Crippen LogP contribution in [-0.4, -0.2) is 22.6 Å². The topological polar surface area (TPSA) is 3.01 Å². The van der Waals surface area contributed by atoms with Gasteiger partial charge in [-0.15, -0.1) is 11.8 Å². The molecule has 0 saturated carbocycles. The van der Waals surface area contributed by atoms with E-state index in [1.807, 2.05) is 11.8 Å². The molecule has 0 aliphatic carbocycles. The lowest BCUT2D eigenvalue weighted by Gasteiger charge is -2.14. The van der Waals surface area contributed by atoms with Crippen molar-refractivity contribution in [3.63, 3.8) is 0 Å². The molecule has 0 spiro atoms. The molecule has 0 atom stereocenters. The van der Waals surface area contributed by atoms with Gasteiger partial charge in [0, 0.05) is 12.5 Å². The number of para-hydroxylation sites is 1. The Labute approximate surface area is 95.2 Å². The first-order valence-corrected chi connectivity index (χ1v) is 6.49. The summed E-state index contributed by atoms with van der Waals surface area (Å²) in [6.45, 7) is 8.12. The van der Waals surface area contributed by atoms with Crippen LogP contribution in [0.3, 0.4) is 0 Å². The van der Waals surface area contributed by atoms with E-state index in [-0.39, 0.29) is 5.41 Å². The van der Waals surface area contributed by atoms with E-state index in [1.54, 1.807) is 0 Å². The van der Waals surface area contributed by atoms with Crippen LogP contribution in [0.2, 0.25) is 0 Å². The van der Waals surface area contributed by atoms with Gasteiger partial charge in [0.05, 0.1) is 16.1 Å². The molecule has 0 unspecified atom stereocenters. The molecule has 0 bridgehead atoms. The van der Waals surface area contributed by atoms with E-state index in [0.717, 1.165) is 0 Å². The highest BCUT2D eigenvalue weighted by Crippen LogP contribution is 2.46. The summed E-state index contributed by atoms with van der Waals surface area (Å²) in [5.74, 6) is 1.21. The van der Waals surface area contributed by atoms with Crippen LogP contribution in [0.25, 0.3) is 0 Å². The lowest BCUT2D eigenvalue weighted by molar-refractivity contribution is -0.437. The summed E-state index contributed by atoms with van der Waals surface area (Å²) in [6, 6.07) is 6.74. The van der Waals surface area contributed by atoms with E-state index in [1.165, 1.54) is 34.2 Å². The molecule has 0 saturated heterocycles. The normalized spacial score (nSPS) is 21.8. The van der Waals surface area contributed by atoms with Gasteiger partial charge >= 0.3 is 0 Å². The Bertz CT molecular complexity index is 471. The predicted molar refractivity (Wildman–Crippen MR) is 65.7 cm³/mol. The summed E-state index contributed by atoms with van der Waals surface area (Å²) in [6.07, 6.45) is 0. The smallest absolute Gasteiger partial charge is 0.197 e. The zero-order valence-electron chi connectivity index (χ0n) is 9.50. The molecule has 3 rings (SSSR count). The monoisotopic (exact) mass is 218 g/mol. The highest BCUT2D eigenvalue weighted by molar-refractivity contribution is 7.99. The average molecular weight is 218 g/mol. The van der Waals surface area contributed by atoms with Gasteiger partial charge in [0.25, 0.3) is 0 Å². The minimum atomic E-state index is 0.218. The number of hydrogen-bond donors (Lipinski definition) is 0. The van der Waals surface area contributed by atoms with E-state index in [0.29, 0.717) is 0 Å². The van der Waals surface area contributed by atoms with E-state index >= 15 is 0 Å². The van der Waals surface area contributed by atoms with Crippen molar-refractivity contribution >= 4 is 23.2 Å². The Morgan fingerprint density at radius 2 is 2.13 bits per heavy atom. The van der Waals surface area contributed by atoms with Gasteiger partial charge in [0.15, 0.2) is 12.3 Å². The summed E-state index contributed by atoms with van der Waals surface area (Å²) in [5.41, 5.74) is 4.71. The van der Waals surface area contributed by atoms with Crippen LogP contribution >= 0.6 is 11.8 Å². The number of thioether (sulfide) groups is 1. The molecule has 2 heteroatoms. The lowest BCUT2D eigenvalue weighted by Crippen LogP contribution is -2.27. The molecule has 0 aromatic heterocycles. The number of benzene rings is 1. The molecule has 1 aromatic rings. The first-order chi connectivity index (χ1) is 7.12. The maximum Gasteiger partial charge on any atom is 0.223 e. The minimum Gasteiger partial charge on any atom is -0.197 e. The molecule has 0 radical (unpaired) electrons. The maximum atomic E-state index is 2.52. The second-order valence-electron chi connectivity index (χ2n) is 4.86. The van der Waals surface area contributed by atoms with Crippen LogP contribution in [-0.2, 0) is 5.41 Å². The van der Waals surface area contributed by atoms with Gasteiger partial charge in [-0.05, 0) is 19.9 Å². The van der Waals surface area contributed by atoms with E-state index in [4.69, 9.17) is 0 Å². The molecule has 0 fully saturated rings. The van der Waals surface area contributed by atoms with Gasteiger partial charge in [-0.3, -0.25) is 0 Å². The molecule has 1 nitrogen and oxygen atoms in total. The third-order valence-corrected chi connectivity index (χ3v) is 4.85. The Morgan fingerprint density at radius 1 is 1.33 bits per heavy atom. The van der Waals surface area contributed by atoms with E-state index in [9.17, 15) is 0 Å². The molecule has 0 N–H and O–H groups in total. The Kier molecular flexibility index (Phi) is 1.82. The van der Waals surface area contributed by atoms with Crippen molar-refractivity contribution in [2.45, 2.75) is 31.1 Å². The zero-order chi connectivity index (χ0) is 10.6. The van der Waals surface area contributed by atoms with Gasteiger partial charge in [0.1, 0.15) is 0 Å². The largest absolute Gasteiger partial charge is 0.223 e. The van der Waals surface area contributed by atoms with Crippen LogP contribution in [0.5, 0.6) is 0 Å². The first kappa shape index (κ1) is 9.46. The van der Waals surface area contributed by atoms with E-state index in [2.05, 4.69) is 43.5 Å². The standard InChI is InChI=1S/C13H16NS/c1-9-13(2,3)10-5-4-6-11-12(10)14(9)7-8-15-11/h4-6H,7-8H2,1-3H3/q+1. The van der Waals surface area contributed by atoms with Crippen molar-refractivity contribution in [3.05, 3.63) is 23.8 Å². The van der Waals surface area contributed by atoms with Gasteiger partial charge in [-0.25, -0.2) is 0 Å².